The second kappa shape index (κ2) is 6.44. The molecule has 2 N–H and O–H groups in total. The van der Waals surface area contributed by atoms with Crippen molar-refractivity contribution in [1.82, 2.24) is 4.31 Å². The molecule has 0 amide bonds. The summed E-state index contributed by atoms with van der Waals surface area (Å²) in [6.07, 6.45) is 1.22. The highest BCUT2D eigenvalue weighted by Gasteiger charge is 2.30. The molecule has 8 heteroatoms. The van der Waals surface area contributed by atoms with E-state index >= 15 is 0 Å². The van der Waals surface area contributed by atoms with E-state index in [0.717, 1.165) is 0 Å². The molecule has 1 saturated heterocycles. The van der Waals surface area contributed by atoms with Crippen molar-refractivity contribution in [2.75, 3.05) is 25.4 Å². The number of hydrogen-bond donors (Lipinski definition) is 1. The Morgan fingerprint density at radius 2 is 2.00 bits per heavy atom. The van der Waals surface area contributed by atoms with Gasteiger partial charge in [0.15, 0.2) is 5.75 Å². The molecule has 0 radical (unpaired) electrons. The summed E-state index contributed by atoms with van der Waals surface area (Å²) in [4.78, 5) is 11.6. The summed E-state index contributed by atoms with van der Waals surface area (Å²) in [7, 11) is -3.58. The molecule has 0 bridgehead atoms. The third-order valence-electron chi connectivity index (χ3n) is 2.86. The summed E-state index contributed by atoms with van der Waals surface area (Å²) in [5, 5.41) is 0. The first-order chi connectivity index (χ1) is 8.36. The van der Waals surface area contributed by atoms with Crippen LogP contribution in [0.5, 0.6) is 0 Å². The SMILES string of the molecule is CCOC(=O)CS(=O)(=O)N1CCC(C(N)=S)CC1. The second-order valence-corrected chi connectivity index (χ2v) is 6.58. The molecule has 6 nitrogen and oxygen atoms in total. The van der Waals surface area contributed by atoms with E-state index < -0.39 is 21.7 Å². The summed E-state index contributed by atoms with van der Waals surface area (Å²) < 4.78 is 29.8. The number of ether oxygens (including phenoxy) is 1. The van der Waals surface area contributed by atoms with Gasteiger partial charge in [0.2, 0.25) is 10.0 Å². The normalized spacial score (nSPS) is 18.5. The number of piperidine rings is 1. The zero-order chi connectivity index (χ0) is 13.8. The van der Waals surface area contributed by atoms with Crippen LogP contribution >= 0.6 is 12.2 Å². The van der Waals surface area contributed by atoms with E-state index in [0.29, 0.717) is 30.9 Å². The number of rotatable bonds is 5. The van der Waals surface area contributed by atoms with Crippen molar-refractivity contribution in [2.24, 2.45) is 11.7 Å². The largest absolute Gasteiger partial charge is 0.465 e. The maximum absolute atomic E-state index is 11.9. The fourth-order valence-electron chi connectivity index (χ4n) is 1.86. The van der Waals surface area contributed by atoms with Crippen LogP contribution in [0.25, 0.3) is 0 Å². The van der Waals surface area contributed by atoms with Crippen molar-refractivity contribution in [3.8, 4) is 0 Å². The van der Waals surface area contributed by atoms with Crippen molar-refractivity contribution in [3.63, 3.8) is 0 Å². The fourth-order valence-corrected chi connectivity index (χ4v) is 3.43. The summed E-state index contributed by atoms with van der Waals surface area (Å²) in [6.45, 7) is 2.52. The third kappa shape index (κ3) is 4.18. The minimum Gasteiger partial charge on any atom is -0.465 e. The summed E-state index contributed by atoms with van der Waals surface area (Å²) in [5.41, 5.74) is 5.53. The number of carbonyl (C=O) groups is 1. The van der Waals surface area contributed by atoms with Crippen molar-refractivity contribution in [2.45, 2.75) is 19.8 Å². The molecule has 1 aliphatic rings. The van der Waals surface area contributed by atoms with Crippen molar-refractivity contribution in [1.29, 1.82) is 0 Å². The van der Waals surface area contributed by atoms with E-state index in [2.05, 4.69) is 4.74 Å². The Morgan fingerprint density at radius 1 is 1.44 bits per heavy atom. The van der Waals surface area contributed by atoms with Gasteiger partial charge < -0.3 is 10.5 Å². The molecule has 1 fully saturated rings. The Kier molecular flexibility index (Phi) is 5.48. The third-order valence-corrected chi connectivity index (χ3v) is 4.94. The highest BCUT2D eigenvalue weighted by atomic mass is 32.2. The molecule has 1 heterocycles. The highest BCUT2D eigenvalue weighted by Crippen LogP contribution is 2.20. The van der Waals surface area contributed by atoms with Gasteiger partial charge in [-0.2, -0.15) is 0 Å². The summed E-state index contributed by atoms with van der Waals surface area (Å²) in [6, 6.07) is 0. The van der Waals surface area contributed by atoms with Crippen LogP contribution in [0, 0.1) is 5.92 Å². The van der Waals surface area contributed by atoms with Crippen molar-refractivity contribution in [3.05, 3.63) is 0 Å². The van der Waals surface area contributed by atoms with Crippen LogP contribution in [-0.4, -0.2) is 49.1 Å². The molecular formula is C10H18N2O4S2. The van der Waals surface area contributed by atoms with Gasteiger partial charge in [0, 0.05) is 19.0 Å². The van der Waals surface area contributed by atoms with Crippen LogP contribution in [0.15, 0.2) is 0 Å². The number of hydrogen-bond acceptors (Lipinski definition) is 5. The van der Waals surface area contributed by atoms with Gasteiger partial charge >= 0.3 is 5.97 Å². The van der Waals surface area contributed by atoms with Gasteiger partial charge in [-0.3, -0.25) is 4.79 Å². The Labute approximate surface area is 113 Å². The van der Waals surface area contributed by atoms with E-state index in [9.17, 15) is 13.2 Å². The van der Waals surface area contributed by atoms with Gasteiger partial charge in [0.05, 0.1) is 11.6 Å². The van der Waals surface area contributed by atoms with E-state index in [-0.39, 0.29) is 12.5 Å². The van der Waals surface area contributed by atoms with Crippen LogP contribution in [0.2, 0.25) is 0 Å². The predicted molar refractivity (Wildman–Crippen MR) is 71.5 cm³/mol. The Hall–Kier alpha value is -0.730. The number of esters is 1. The minimum absolute atomic E-state index is 0.0917. The molecule has 1 rings (SSSR count). The molecule has 0 saturated carbocycles. The number of sulfonamides is 1. The van der Waals surface area contributed by atoms with Gasteiger partial charge in [-0.15, -0.1) is 0 Å². The molecule has 1 aliphatic heterocycles. The lowest BCUT2D eigenvalue weighted by atomic mass is 9.98. The van der Waals surface area contributed by atoms with Gasteiger partial charge in [-0.1, -0.05) is 12.2 Å². The Morgan fingerprint density at radius 3 is 2.44 bits per heavy atom. The van der Waals surface area contributed by atoms with Gasteiger partial charge in [-0.25, -0.2) is 12.7 Å². The smallest absolute Gasteiger partial charge is 0.322 e. The molecule has 0 unspecified atom stereocenters. The summed E-state index contributed by atoms with van der Waals surface area (Å²) >= 11 is 4.89. The number of nitrogens with zero attached hydrogens (tertiary/aromatic N) is 1. The molecule has 0 aromatic rings. The van der Waals surface area contributed by atoms with Crippen molar-refractivity contribution < 1.29 is 17.9 Å². The fraction of sp³-hybridized carbons (Fsp3) is 0.800. The van der Waals surface area contributed by atoms with E-state index in [1.807, 2.05) is 0 Å². The summed E-state index contributed by atoms with van der Waals surface area (Å²) in [5.74, 6) is -1.22. The lowest BCUT2D eigenvalue weighted by Crippen LogP contribution is -2.43. The van der Waals surface area contributed by atoms with E-state index in [1.54, 1.807) is 6.92 Å². The number of nitrogens with two attached hydrogens (primary N) is 1. The average molecular weight is 294 g/mol. The highest BCUT2D eigenvalue weighted by molar-refractivity contribution is 7.89. The van der Waals surface area contributed by atoms with Crippen LogP contribution in [-0.2, 0) is 19.6 Å². The van der Waals surface area contributed by atoms with Crippen LogP contribution in [0.4, 0.5) is 0 Å². The molecule has 0 atom stereocenters. The van der Waals surface area contributed by atoms with Gasteiger partial charge in [0.25, 0.3) is 0 Å². The molecule has 0 aromatic carbocycles. The topological polar surface area (TPSA) is 89.7 Å². The van der Waals surface area contributed by atoms with Crippen LogP contribution in [0.3, 0.4) is 0 Å². The number of thiocarbonyl (C=S) groups is 1. The van der Waals surface area contributed by atoms with Crippen molar-refractivity contribution >= 4 is 33.2 Å². The van der Waals surface area contributed by atoms with Gasteiger partial charge in [0.1, 0.15) is 0 Å². The van der Waals surface area contributed by atoms with E-state index in [1.165, 1.54) is 4.31 Å². The number of carbonyl (C=O) groups excluding carboxylic acids is 1. The lowest BCUT2D eigenvalue weighted by molar-refractivity contribution is -0.140. The first-order valence-corrected chi connectivity index (χ1v) is 7.81. The first kappa shape index (κ1) is 15.3. The second-order valence-electron chi connectivity index (χ2n) is 4.14. The standard InChI is InChI=1S/C10H18N2O4S2/c1-2-16-9(13)7-18(14,15)12-5-3-8(4-6-12)10(11)17/h8H,2-7H2,1H3,(H2,11,17). The molecule has 18 heavy (non-hydrogen) atoms. The molecular weight excluding hydrogens is 276 g/mol. The van der Waals surface area contributed by atoms with Crippen LogP contribution < -0.4 is 5.73 Å². The molecule has 0 spiro atoms. The first-order valence-electron chi connectivity index (χ1n) is 5.79. The zero-order valence-corrected chi connectivity index (χ0v) is 11.9. The molecule has 0 aromatic heterocycles. The average Bonchev–Trinajstić information content (AvgIpc) is 2.28. The zero-order valence-electron chi connectivity index (χ0n) is 10.3. The Balaban J connectivity index is 2.55. The monoisotopic (exact) mass is 294 g/mol. The quantitative estimate of drug-likeness (QED) is 0.561. The van der Waals surface area contributed by atoms with Crippen LogP contribution in [0.1, 0.15) is 19.8 Å². The molecule has 0 aliphatic carbocycles. The Bertz CT molecular complexity index is 414. The maximum Gasteiger partial charge on any atom is 0.322 e. The lowest BCUT2D eigenvalue weighted by Gasteiger charge is -2.30. The molecule has 104 valence electrons. The maximum atomic E-state index is 11.9. The minimum atomic E-state index is -3.58. The predicted octanol–water partition coefficient (Wildman–Crippen LogP) is -0.123. The van der Waals surface area contributed by atoms with E-state index in [4.69, 9.17) is 18.0 Å². The van der Waals surface area contributed by atoms with Gasteiger partial charge in [-0.05, 0) is 19.8 Å².